The number of carbonyl (C=O) groups excluding carboxylic acids is 1. The van der Waals surface area contributed by atoms with E-state index in [0.29, 0.717) is 11.6 Å². The maximum atomic E-state index is 13.7. The quantitative estimate of drug-likeness (QED) is 0.686. The van der Waals surface area contributed by atoms with Gasteiger partial charge >= 0.3 is 24.8 Å². The first-order valence-corrected chi connectivity index (χ1v) is 11.8. The van der Waals surface area contributed by atoms with E-state index in [1.54, 1.807) is 0 Å². The average molecular weight is 435 g/mol. The molecule has 31 heavy (non-hydrogen) atoms. The molecule has 0 unspecified atom stereocenters. The minimum absolute atomic E-state index is 0. The Hall–Kier alpha value is -1.58. The van der Waals surface area contributed by atoms with E-state index in [9.17, 15) is 14.7 Å². The number of hydrogen-bond acceptors (Lipinski definition) is 4. The number of anilines is 1. The van der Waals surface area contributed by atoms with Crippen molar-refractivity contribution < 1.29 is 14.7 Å². The predicted octanol–water partition coefficient (Wildman–Crippen LogP) is 4.38. The van der Waals surface area contributed by atoms with E-state index in [2.05, 4.69) is 12.2 Å². The summed E-state index contributed by atoms with van der Waals surface area (Å²) in [7, 11) is 0. The number of thiophene rings is 1. The van der Waals surface area contributed by atoms with Crippen molar-refractivity contribution in [2.75, 3.05) is 18.0 Å². The fourth-order valence-corrected chi connectivity index (χ4v) is 5.72. The number of benzene rings is 1. The number of nitrogens with zero attached hydrogens (tertiary/aromatic N) is 1. The molecule has 2 aliphatic rings. The Morgan fingerprint density at radius 2 is 1.68 bits per heavy atom. The Morgan fingerprint density at radius 1 is 1.03 bits per heavy atom. The zero-order valence-electron chi connectivity index (χ0n) is 17.5. The van der Waals surface area contributed by atoms with Gasteiger partial charge in [-0.3, -0.25) is 4.79 Å². The van der Waals surface area contributed by atoms with Crippen molar-refractivity contribution in [3.63, 3.8) is 0 Å². The molecule has 5 nitrogen and oxygen atoms in total. The molecule has 0 bridgehead atoms. The van der Waals surface area contributed by atoms with Gasteiger partial charge in [-0.1, -0.05) is 37.3 Å². The van der Waals surface area contributed by atoms with Gasteiger partial charge < -0.3 is 15.3 Å². The van der Waals surface area contributed by atoms with Crippen molar-refractivity contribution in [2.45, 2.75) is 51.5 Å². The van der Waals surface area contributed by atoms with Gasteiger partial charge in [0.2, 0.25) is 5.91 Å². The van der Waals surface area contributed by atoms with Crippen LogP contribution in [-0.4, -0.2) is 55.0 Å². The second kappa shape index (κ2) is 10.8. The summed E-state index contributed by atoms with van der Waals surface area (Å²) in [6.45, 7) is 3.96. The summed E-state index contributed by atoms with van der Waals surface area (Å²) in [5, 5.41) is 13.3. The van der Waals surface area contributed by atoms with Crippen LogP contribution in [0.2, 0.25) is 0 Å². The Labute approximate surface area is 200 Å². The van der Waals surface area contributed by atoms with Crippen molar-refractivity contribution in [3.8, 4) is 10.4 Å². The van der Waals surface area contributed by atoms with Crippen LogP contribution >= 0.6 is 11.3 Å². The van der Waals surface area contributed by atoms with Gasteiger partial charge in [0, 0.05) is 16.8 Å². The van der Waals surface area contributed by atoms with Crippen molar-refractivity contribution in [1.82, 2.24) is 5.32 Å². The van der Waals surface area contributed by atoms with Gasteiger partial charge in [-0.05, 0) is 69.2 Å². The van der Waals surface area contributed by atoms with Crippen LogP contribution < -0.4 is 10.2 Å². The molecule has 2 aromatic rings. The summed E-state index contributed by atoms with van der Waals surface area (Å²) in [4.78, 5) is 28.9. The molecule has 1 aromatic carbocycles. The molecule has 2 N–H and O–H groups in total. The topological polar surface area (TPSA) is 69.6 Å². The Morgan fingerprint density at radius 3 is 2.29 bits per heavy atom. The van der Waals surface area contributed by atoms with Crippen molar-refractivity contribution in [1.29, 1.82) is 0 Å². The van der Waals surface area contributed by atoms with Crippen molar-refractivity contribution >= 4 is 47.8 Å². The van der Waals surface area contributed by atoms with Crippen LogP contribution in [0.5, 0.6) is 0 Å². The number of nitrogens with one attached hydrogen (secondary N) is 1. The van der Waals surface area contributed by atoms with E-state index in [4.69, 9.17) is 0 Å². The average Bonchev–Trinajstić information content (AvgIpc) is 3.21. The van der Waals surface area contributed by atoms with Crippen LogP contribution in [0.15, 0.2) is 36.4 Å². The first-order chi connectivity index (χ1) is 14.5. The van der Waals surface area contributed by atoms with Crippen LogP contribution in [0.25, 0.3) is 10.4 Å². The van der Waals surface area contributed by atoms with Crippen LogP contribution in [0.3, 0.4) is 0 Å². The third kappa shape index (κ3) is 5.43. The van der Waals surface area contributed by atoms with E-state index in [1.165, 1.54) is 11.3 Å². The summed E-state index contributed by atoms with van der Waals surface area (Å²) in [6, 6.07) is 11.8. The van der Waals surface area contributed by atoms with Crippen LogP contribution in [0.1, 0.15) is 55.1 Å². The normalized spacial score (nSPS) is 21.8. The van der Waals surface area contributed by atoms with E-state index in [1.807, 2.05) is 41.3 Å². The standard InChI is InChI=1S/C24H30N2O3S.Li.H/c1-16-7-9-18(10-8-16)23(27)26(19-11-13-25-14-12-19)20-15-21(30-22(20)24(28)29)17-5-3-2-4-6-17;;/h2-6,15-16,18-19,25H,7-14H2,1H3,(H,28,29);;. The summed E-state index contributed by atoms with van der Waals surface area (Å²) in [6.07, 6.45) is 5.65. The number of hydrogen-bond donors (Lipinski definition) is 2. The molecule has 2 heterocycles. The van der Waals surface area contributed by atoms with Crippen LogP contribution in [0.4, 0.5) is 5.69 Å². The van der Waals surface area contributed by atoms with Crippen molar-refractivity contribution in [3.05, 3.63) is 41.3 Å². The Bertz CT molecular complexity index is 887. The number of rotatable bonds is 5. The zero-order valence-corrected chi connectivity index (χ0v) is 18.3. The molecule has 1 amide bonds. The minimum atomic E-state index is -0.957. The molecule has 1 saturated heterocycles. The van der Waals surface area contributed by atoms with Crippen LogP contribution in [0, 0.1) is 11.8 Å². The molecular formula is C24H31LiN2O3S. The Kier molecular flexibility index (Phi) is 8.41. The third-order valence-electron chi connectivity index (χ3n) is 6.50. The zero-order chi connectivity index (χ0) is 21.1. The van der Waals surface area contributed by atoms with Gasteiger partial charge in [0.05, 0.1) is 5.69 Å². The predicted molar refractivity (Wildman–Crippen MR) is 128 cm³/mol. The molecule has 7 heteroatoms. The number of piperidine rings is 1. The first-order valence-electron chi connectivity index (χ1n) is 11.0. The number of amides is 1. The molecule has 162 valence electrons. The van der Waals surface area contributed by atoms with Crippen molar-refractivity contribution in [2.24, 2.45) is 11.8 Å². The molecule has 0 spiro atoms. The van der Waals surface area contributed by atoms with Gasteiger partial charge in [-0.15, -0.1) is 11.3 Å². The fraction of sp³-hybridized carbons (Fsp3) is 0.500. The molecule has 4 rings (SSSR count). The molecule has 1 aromatic heterocycles. The van der Waals surface area contributed by atoms with Crippen LogP contribution in [-0.2, 0) is 4.79 Å². The summed E-state index contributed by atoms with van der Waals surface area (Å²) in [5.41, 5.74) is 1.57. The summed E-state index contributed by atoms with van der Waals surface area (Å²) < 4.78 is 0. The van der Waals surface area contributed by atoms with Gasteiger partial charge in [0.1, 0.15) is 4.88 Å². The molecule has 0 atom stereocenters. The van der Waals surface area contributed by atoms with E-state index in [0.717, 1.165) is 62.1 Å². The molecule has 1 aliphatic carbocycles. The number of carbonyl (C=O) groups is 2. The fourth-order valence-electron chi connectivity index (χ4n) is 4.72. The molecule has 0 radical (unpaired) electrons. The third-order valence-corrected chi connectivity index (χ3v) is 7.66. The molecular weight excluding hydrogens is 403 g/mol. The molecule has 2 fully saturated rings. The van der Waals surface area contributed by atoms with Gasteiger partial charge in [0.15, 0.2) is 0 Å². The monoisotopic (exact) mass is 434 g/mol. The number of carboxylic acids is 1. The van der Waals surface area contributed by atoms with E-state index in [-0.39, 0.29) is 41.6 Å². The Balaban J connectivity index is 0.00000272. The maximum absolute atomic E-state index is 13.7. The first kappa shape index (κ1) is 24.1. The summed E-state index contributed by atoms with van der Waals surface area (Å²) in [5.74, 6) is -0.172. The molecule has 1 aliphatic heterocycles. The van der Waals surface area contributed by atoms with Gasteiger partial charge in [-0.25, -0.2) is 4.79 Å². The summed E-state index contributed by atoms with van der Waals surface area (Å²) >= 11 is 1.27. The SMILES string of the molecule is CC1CCC(C(=O)N(c2cc(-c3ccccc3)sc2C(=O)O)C2CCNCC2)CC1.[LiH]. The number of aromatic carboxylic acids is 1. The van der Waals surface area contributed by atoms with E-state index < -0.39 is 5.97 Å². The van der Waals surface area contributed by atoms with E-state index >= 15 is 0 Å². The van der Waals surface area contributed by atoms with Gasteiger partial charge in [0.25, 0.3) is 0 Å². The van der Waals surface area contributed by atoms with Gasteiger partial charge in [-0.2, -0.15) is 0 Å². The number of carboxylic acid groups (broad SMARTS) is 1. The second-order valence-electron chi connectivity index (χ2n) is 8.64. The second-order valence-corrected chi connectivity index (χ2v) is 9.69. The molecule has 1 saturated carbocycles.